The van der Waals surface area contributed by atoms with Gasteiger partial charge in [-0.2, -0.15) is 0 Å². The molecule has 1 aliphatic rings. The second-order valence-electron chi connectivity index (χ2n) is 5.03. The first-order valence-electron chi connectivity index (χ1n) is 6.88. The maximum Gasteiger partial charge on any atom is 0.0802 e. The van der Waals surface area contributed by atoms with Crippen LogP contribution < -0.4 is 0 Å². The minimum atomic E-state index is -0.418. The number of nitrogens with zero attached hydrogens (tertiary/aromatic N) is 2. The predicted octanol–water partition coefficient (Wildman–Crippen LogP) is 3.18. The Balaban J connectivity index is 1.99. The lowest BCUT2D eigenvalue weighted by Crippen LogP contribution is -2.22. The zero-order chi connectivity index (χ0) is 13.7. The van der Waals surface area contributed by atoms with Gasteiger partial charge in [0.2, 0.25) is 0 Å². The highest BCUT2D eigenvalue weighted by atomic mass is 16.3. The molecule has 1 saturated heterocycles. The largest absolute Gasteiger partial charge is 0.388 e. The van der Waals surface area contributed by atoms with Gasteiger partial charge in [-0.1, -0.05) is 18.7 Å². The molecule has 1 aromatic carbocycles. The van der Waals surface area contributed by atoms with Crippen molar-refractivity contribution in [1.29, 1.82) is 0 Å². The molecule has 1 N–H and O–H groups in total. The minimum Gasteiger partial charge on any atom is -0.388 e. The van der Waals surface area contributed by atoms with Gasteiger partial charge in [-0.15, -0.1) is 0 Å². The van der Waals surface area contributed by atoms with E-state index in [0.29, 0.717) is 0 Å². The van der Waals surface area contributed by atoms with Crippen molar-refractivity contribution in [2.45, 2.75) is 25.4 Å². The number of hydrogen-bond acceptors (Lipinski definition) is 3. The summed E-state index contributed by atoms with van der Waals surface area (Å²) in [6, 6.07) is 5.76. The van der Waals surface area contributed by atoms with E-state index in [4.69, 9.17) is 0 Å². The number of likely N-dealkylation sites (tertiary alicyclic amines) is 1. The highest BCUT2D eigenvalue weighted by Crippen LogP contribution is 2.26. The van der Waals surface area contributed by atoms with E-state index in [0.717, 1.165) is 29.8 Å². The first-order valence-corrected chi connectivity index (χ1v) is 6.88. The van der Waals surface area contributed by atoms with Crippen molar-refractivity contribution in [3.05, 3.63) is 35.9 Å². The van der Waals surface area contributed by atoms with E-state index >= 15 is 0 Å². The maximum absolute atomic E-state index is 10.3. The molecule has 3 nitrogen and oxygen atoms in total. The van der Waals surface area contributed by atoms with Crippen LogP contribution in [0.3, 0.4) is 0 Å². The molecule has 1 atom stereocenters. The lowest BCUT2D eigenvalue weighted by Gasteiger charge is -2.18. The van der Waals surface area contributed by atoms with Gasteiger partial charge in [0.25, 0.3) is 0 Å². The van der Waals surface area contributed by atoms with Gasteiger partial charge in [-0.25, -0.2) is 0 Å². The van der Waals surface area contributed by atoms with Crippen molar-refractivity contribution in [3.8, 4) is 0 Å². The van der Waals surface area contributed by atoms with Crippen molar-refractivity contribution in [1.82, 2.24) is 4.90 Å². The van der Waals surface area contributed by atoms with Crippen molar-refractivity contribution in [2.24, 2.45) is 4.99 Å². The molecule has 102 valence electrons. The van der Waals surface area contributed by atoms with Gasteiger partial charge in [0.15, 0.2) is 0 Å². The van der Waals surface area contributed by atoms with Gasteiger partial charge < -0.3 is 10.0 Å². The predicted molar refractivity (Wildman–Crippen MR) is 81.0 cm³/mol. The zero-order valence-corrected chi connectivity index (χ0v) is 11.4. The Labute approximate surface area is 115 Å². The molecule has 2 rings (SSSR count). The van der Waals surface area contributed by atoms with Crippen LogP contribution in [0.25, 0.3) is 6.08 Å². The molecule has 19 heavy (non-hydrogen) atoms. The number of rotatable bonds is 6. The Hall–Kier alpha value is -1.45. The lowest BCUT2D eigenvalue weighted by molar-refractivity contribution is 0.149. The third-order valence-electron chi connectivity index (χ3n) is 3.74. The van der Waals surface area contributed by atoms with E-state index < -0.39 is 6.10 Å². The first-order chi connectivity index (χ1) is 9.24. The number of hydrogen-bond donors (Lipinski definition) is 1. The Kier molecular flexibility index (Phi) is 4.88. The molecule has 0 radical (unpaired) electrons. The molecule has 1 heterocycles. The molecule has 0 amide bonds. The van der Waals surface area contributed by atoms with Gasteiger partial charge in [0.05, 0.1) is 11.8 Å². The summed E-state index contributed by atoms with van der Waals surface area (Å²) in [4.78, 5) is 6.35. The van der Waals surface area contributed by atoms with E-state index in [1.54, 1.807) is 6.08 Å². The molecule has 1 aromatic rings. The second-order valence-corrected chi connectivity index (χ2v) is 5.03. The van der Waals surface area contributed by atoms with Gasteiger partial charge in [-0.05, 0) is 62.3 Å². The smallest absolute Gasteiger partial charge is 0.0802 e. The summed E-state index contributed by atoms with van der Waals surface area (Å²) < 4.78 is 0. The van der Waals surface area contributed by atoms with Crippen LogP contribution in [0.2, 0.25) is 0 Å². The molecule has 0 spiro atoms. The quantitative estimate of drug-likeness (QED) is 0.795. The summed E-state index contributed by atoms with van der Waals surface area (Å²) in [6.45, 7) is 10.6. The summed E-state index contributed by atoms with van der Waals surface area (Å²) in [6.07, 6.45) is 4.68. The van der Waals surface area contributed by atoms with E-state index in [-0.39, 0.29) is 0 Å². The molecule has 3 heteroatoms. The van der Waals surface area contributed by atoms with E-state index in [9.17, 15) is 5.11 Å². The fraction of sp³-hybridized carbons (Fsp3) is 0.438. The molecule has 0 aromatic heterocycles. The lowest BCUT2D eigenvalue weighted by atomic mass is 10.0. The normalized spacial score (nSPS) is 17.3. The molecule has 1 aliphatic heterocycles. The van der Waals surface area contributed by atoms with Crippen LogP contribution in [0.5, 0.6) is 0 Å². The van der Waals surface area contributed by atoms with Crippen LogP contribution in [0, 0.1) is 0 Å². The number of benzene rings is 1. The second kappa shape index (κ2) is 6.64. The van der Waals surface area contributed by atoms with Crippen molar-refractivity contribution in [3.63, 3.8) is 0 Å². The fourth-order valence-corrected chi connectivity index (χ4v) is 2.57. The summed E-state index contributed by atoms with van der Waals surface area (Å²) >= 11 is 0. The van der Waals surface area contributed by atoms with Gasteiger partial charge in [-0.3, -0.25) is 4.99 Å². The number of aliphatic hydroxyl groups is 1. The van der Waals surface area contributed by atoms with Crippen LogP contribution in [-0.2, 0) is 0 Å². The molecular weight excluding hydrogens is 236 g/mol. The van der Waals surface area contributed by atoms with Gasteiger partial charge in [0.1, 0.15) is 0 Å². The summed E-state index contributed by atoms with van der Waals surface area (Å²) in [5, 5.41) is 10.3. The van der Waals surface area contributed by atoms with Crippen LogP contribution >= 0.6 is 0 Å². The van der Waals surface area contributed by atoms with Crippen LogP contribution in [0.1, 0.15) is 36.5 Å². The SMILES string of the molecule is C=Cc1cc(C(O)CCN2CCCC2)ccc1N=C. The van der Waals surface area contributed by atoms with E-state index in [2.05, 4.69) is 23.2 Å². The minimum absolute atomic E-state index is 0.418. The molecule has 0 bridgehead atoms. The zero-order valence-electron chi connectivity index (χ0n) is 11.4. The molecule has 0 saturated carbocycles. The van der Waals surface area contributed by atoms with Gasteiger partial charge >= 0.3 is 0 Å². The Morgan fingerprint density at radius 1 is 1.37 bits per heavy atom. The Morgan fingerprint density at radius 3 is 2.74 bits per heavy atom. The summed E-state index contributed by atoms with van der Waals surface area (Å²) in [5.74, 6) is 0. The van der Waals surface area contributed by atoms with Crippen molar-refractivity contribution >= 4 is 18.5 Å². The first kappa shape index (κ1) is 14.0. The maximum atomic E-state index is 10.3. The van der Waals surface area contributed by atoms with Crippen LogP contribution in [0.4, 0.5) is 5.69 Å². The van der Waals surface area contributed by atoms with E-state index in [1.807, 2.05) is 18.2 Å². The van der Waals surface area contributed by atoms with E-state index in [1.165, 1.54) is 25.9 Å². The summed E-state index contributed by atoms with van der Waals surface area (Å²) in [7, 11) is 0. The van der Waals surface area contributed by atoms with Gasteiger partial charge in [0, 0.05) is 6.54 Å². The topological polar surface area (TPSA) is 35.8 Å². The van der Waals surface area contributed by atoms with Crippen LogP contribution in [0.15, 0.2) is 29.8 Å². The molecule has 1 fully saturated rings. The number of aliphatic hydroxyl groups excluding tert-OH is 1. The average molecular weight is 258 g/mol. The number of aliphatic imine (C=N–C) groups is 1. The third-order valence-corrected chi connectivity index (χ3v) is 3.74. The monoisotopic (exact) mass is 258 g/mol. The van der Waals surface area contributed by atoms with Crippen LogP contribution in [-0.4, -0.2) is 36.4 Å². The van der Waals surface area contributed by atoms with Crippen molar-refractivity contribution < 1.29 is 5.11 Å². The standard InChI is InChI=1S/C16H22N2O/c1-3-13-12-14(6-7-15(13)17-2)16(19)8-11-18-9-4-5-10-18/h3,6-7,12,16,19H,1-2,4-5,8-11H2. The highest BCUT2D eigenvalue weighted by Gasteiger charge is 2.15. The highest BCUT2D eigenvalue weighted by molar-refractivity contribution is 5.65. The Bertz CT molecular complexity index is 450. The molecule has 0 aliphatic carbocycles. The molecular formula is C16H22N2O. The average Bonchev–Trinajstić information content (AvgIpc) is 2.97. The molecule has 1 unspecified atom stereocenters. The Morgan fingerprint density at radius 2 is 2.11 bits per heavy atom. The fourth-order valence-electron chi connectivity index (χ4n) is 2.57. The summed E-state index contributed by atoms with van der Waals surface area (Å²) in [5.41, 5.74) is 2.67. The van der Waals surface area contributed by atoms with Crippen molar-refractivity contribution in [2.75, 3.05) is 19.6 Å². The third kappa shape index (κ3) is 3.52.